The normalized spacial score (nSPS) is 10.8. The van der Waals surface area contributed by atoms with Crippen LogP contribution < -0.4 is 14.9 Å². The van der Waals surface area contributed by atoms with Crippen molar-refractivity contribution in [3.63, 3.8) is 0 Å². The van der Waals surface area contributed by atoms with Crippen molar-refractivity contribution in [2.75, 3.05) is 13.7 Å². The van der Waals surface area contributed by atoms with Gasteiger partial charge in [-0.25, -0.2) is 10.4 Å². The quantitative estimate of drug-likeness (QED) is 0.232. The maximum absolute atomic E-state index is 13.1. The maximum atomic E-state index is 13.1. The third kappa shape index (κ3) is 4.91. The number of aromatic nitrogens is 1. The van der Waals surface area contributed by atoms with Gasteiger partial charge >= 0.3 is 0 Å². The zero-order valence-electron chi connectivity index (χ0n) is 18.2. The Hall–Kier alpha value is -4.45. The van der Waals surface area contributed by atoms with Crippen molar-refractivity contribution < 1.29 is 14.3 Å². The van der Waals surface area contributed by atoms with Gasteiger partial charge in [0.05, 0.1) is 30.1 Å². The average Bonchev–Trinajstić information content (AvgIpc) is 2.87. The average molecular weight is 437 g/mol. The van der Waals surface area contributed by atoms with E-state index < -0.39 is 0 Å². The van der Waals surface area contributed by atoms with Gasteiger partial charge in [0, 0.05) is 16.5 Å². The summed E-state index contributed by atoms with van der Waals surface area (Å²) in [5.41, 5.74) is 6.17. The minimum atomic E-state index is -0.335. The van der Waals surface area contributed by atoms with Crippen LogP contribution in [0.25, 0.3) is 22.2 Å². The Morgan fingerprint density at radius 3 is 2.64 bits per heavy atom. The zero-order chi connectivity index (χ0) is 23.0. The first-order valence-electron chi connectivity index (χ1n) is 10.4. The van der Waals surface area contributed by atoms with E-state index in [4.69, 9.17) is 14.5 Å². The highest BCUT2D eigenvalue weighted by molar-refractivity contribution is 6.07. The lowest BCUT2D eigenvalue weighted by Crippen LogP contribution is -2.18. The predicted molar refractivity (Wildman–Crippen MR) is 131 cm³/mol. The summed E-state index contributed by atoms with van der Waals surface area (Å²) in [5, 5.41) is 4.92. The smallest absolute Gasteiger partial charge is 0.272 e. The number of ether oxygens (including phenoxy) is 2. The van der Waals surface area contributed by atoms with Crippen molar-refractivity contribution in [2.24, 2.45) is 5.10 Å². The van der Waals surface area contributed by atoms with E-state index in [9.17, 15) is 4.79 Å². The number of nitrogens with zero attached hydrogens (tertiary/aromatic N) is 2. The van der Waals surface area contributed by atoms with E-state index in [-0.39, 0.29) is 5.91 Å². The first-order valence-corrected chi connectivity index (χ1v) is 10.4. The van der Waals surface area contributed by atoms with Crippen LogP contribution in [0.2, 0.25) is 0 Å². The van der Waals surface area contributed by atoms with Crippen LogP contribution in [0.4, 0.5) is 0 Å². The number of para-hydroxylation sites is 2. The molecule has 0 radical (unpaired) electrons. The fourth-order valence-electron chi connectivity index (χ4n) is 3.43. The molecule has 1 aromatic heterocycles. The summed E-state index contributed by atoms with van der Waals surface area (Å²) >= 11 is 0. The van der Waals surface area contributed by atoms with Gasteiger partial charge in [-0.15, -0.1) is 0 Å². The molecule has 0 aliphatic rings. The molecule has 33 heavy (non-hydrogen) atoms. The number of fused-ring (bicyclic) bond motifs is 1. The van der Waals surface area contributed by atoms with Crippen molar-refractivity contribution in [1.82, 2.24) is 10.4 Å². The van der Waals surface area contributed by atoms with Gasteiger partial charge in [0.2, 0.25) is 0 Å². The number of benzene rings is 3. The van der Waals surface area contributed by atoms with Gasteiger partial charge in [-0.1, -0.05) is 67.3 Å². The highest BCUT2D eigenvalue weighted by Crippen LogP contribution is 2.30. The predicted octanol–water partition coefficient (Wildman–Crippen LogP) is 5.24. The summed E-state index contributed by atoms with van der Waals surface area (Å²) in [6.07, 6.45) is 3.17. The standard InChI is InChI=1S/C27H23N3O3/c1-3-16-33-26-20(12-9-15-25(26)32-2)18-28-30-27(31)22-17-24(19-10-5-4-6-11-19)29-23-14-8-7-13-21(22)23/h3-15,17-18H,1,16H2,2H3,(H,30,31)/b28-18-. The largest absolute Gasteiger partial charge is 0.493 e. The Balaban J connectivity index is 1.64. The molecule has 0 aliphatic heterocycles. The van der Waals surface area contributed by atoms with E-state index in [0.29, 0.717) is 29.2 Å². The van der Waals surface area contributed by atoms with Crippen molar-refractivity contribution in [3.05, 3.63) is 103 Å². The highest BCUT2D eigenvalue weighted by Gasteiger charge is 2.14. The molecule has 6 nitrogen and oxygen atoms in total. The van der Waals surface area contributed by atoms with E-state index in [1.807, 2.05) is 66.7 Å². The molecule has 0 aliphatic carbocycles. The van der Waals surface area contributed by atoms with Crippen LogP contribution in [0.15, 0.2) is 96.6 Å². The van der Waals surface area contributed by atoms with Crippen LogP contribution in [0, 0.1) is 0 Å². The Bertz CT molecular complexity index is 1320. The third-order valence-electron chi connectivity index (χ3n) is 4.97. The lowest BCUT2D eigenvalue weighted by atomic mass is 10.0. The summed E-state index contributed by atoms with van der Waals surface area (Å²) in [7, 11) is 1.57. The van der Waals surface area contributed by atoms with E-state index in [0.717, 1.165) is 22.2 Å². The molecule has 0 unspecified atom stereocenters. The molecule has 0 atom stereocenters. The molecule has 1 amide bonds. The van der Waals surface area contributed by atoms with Gasteiger partial charge in [-0.3, -0.25) is 4.79 Å². The summed E-state index contributed by atoms with van der Waals surface area (Å²) in [5.74, 6) is 0.761. The van der Waals surface area contributed by atoms with E-state index in [1.165, 1.54) is 6.21 Å². The highest BCUT2D eigenvalue weighted by atomic mass is 16.5. The van der Waals surface area contributed by atoms with Crippen LogP contribution >= 0.6 is 0 Å². The van der Waals surface area contributed by atoms with Gasteiger partial charge in [0.1, 0.15) is 6.61 Å². The molecular formula is C27H23N3O3. The van der Waals surface area contributed by atoms with Crippen LogP contribution in [0.5, 0.6) is 11.5 Å². The van der Waals surface area contributed by atoms with Crippen molar-refractivity contribution >= 4 is 23.0 Å². The molecule has 4 aromatic rings. The molecule has 0 saturated heterocycles. The zero-order valence-corrected chi connectivity index (χ0v) is 18.2. The van der Waals surface area contributed by atoms with Gasteiger partial charge < -0.3 is 9.47 Å². The number of hydrogen-bond acceptors (Lipinski definition) is 5. The van der Waals surface area contributed by atoms with Crippen LogP contribution in [0.3, 0.4) is 0 Å². The molecule has 0 saturated carbocycles. The number of carbonyl (C=O) groups is 1. The topological polar surface area (TPSA) is 72.8 Å². The summed E-state index contributed by atoms with van der Waals surface area (Å²) in [6, 6.07) is 24.5. The Morgan fingerprint density at radius 1 is 1.06 bits per heavy atom. The molecule has 4 rings (SSSR count). The second-order valence-electron chi connectivity index (χ2n) is 7.12. The first-order chi connectivity index (χ1) is 16.2. The molecule has 6 heteroatoms. The van der Waals surface area contributed by atoms with Gasteiger partial charge in [-0.05, 0) is 24.3 Å². The molecule has 0 spiro atoms. The maximum Gasteiger partial charge on any atom is 0.272 e. The second kappa shape index (κ2) is 10.2. The van der Waals surface area contributed by atoms with E-state index in [2.05, 4.69) is 17.1 Å². The molecule has 164 valence electrons. The number of methoxy groups -OCH3 is 1. The third-order valence-corrected chi connectivity index (χ3v) is 4.97. The molecule has 0 bridgehead atoms. The SMILES string of the molecule is C=CCOc1c(/C=N\NC(=O)c2cc(-c3ccccc3)nc3ccccc23)cccc1OC. The van der Waals surface area contributed by atoms with Crippen LogP contribution in [0.1, 0.15) is 15.9 Å². The van der Waals surface area contributed by atoms with E-state index in [1.54, 1.807) is 25.3 Å². The summed E-state index contributed by atoms with van der Waals surface area (Å²) < 4.78 is 11.1. The molecular weight excluding hydrogens is 414 g/mol. The number of rotatable bonds is 8. The van der Waals surface area contributed by atoms with Crippen molar-refractivity contribution in [1.29, 1.82) is 0 Å². The Kier molecular flexibility index (Phi) is 6.75. The number of carbonyl (C=O) groups excluding carboxylic acids is 1. The van der Waals surface area contributed by atoms with Gasteiger partial charge in [-0.2, -0.15) is 5.10 Å². The van der Waals surface area contributed by atoms with Crippen LogP contribution in [-0.2, 0) is 0 Å². The van der Waals surface area contributed by atoms with Crippen LogP contribution in [-0.4, -0.2) is 30.8 Å². The van der Waals surface area contributed by atoms with Gasteiger partial charge in [0.25, 0.3) is 5.91 Å². The number of hydrazone groups is 1. The lowest BCUT2D eigenvalue weighted by molar-refractivity contribution is 0.0956. The molecule has 3 aromatic carbocycles. The number of amides is 1. The molecule has 1 N–H and O–H groups in total. The van der Waals surface area contributed by atoms with Crippen molar-refractivity contribution in [2.45, 2.75) is 0 Å². The van der Waals surface area contributed by atoms with Crippen molar-refractivity contribution in [3.8, 4) is 22.8 Å². The fraction of sp³-hybridized carbons (Fsp3) is 0.0741. The summed E-state index contributed by atoms with van der Waals surface area (Å²) in [4.78, 5) is 17.8. The molecule has 0 fully saturated rings. The van der Waals surface area contributed by atoms with Gasteiger partial charge in [0.15, 0.2) is 11.5 Å². The molecule has 1 heterocycles. The van der Waals surface area contributed by atoms with E-state index >= 15 is 0 Å². The second-order valence-corrected chi connectivity index (χ2v) is 7.12. The number of pyridine rings is 1. The fourth-order valence-corrected chi connectivity index (χ4v) is 3.43. The Labute approximate surface area is 192 Å². The minimum absolute atomic E-state index is 0.318. The monoisotopic (exact) mass is 437 g/mol. The Morgan fingerprint density at radius 2 is 1.85 bits per heavy atom. The number of nitrogens with one attached hydrogen (secondary N) is 1. The lowest BCUT2D eigenvalue weighted by Gasteiger charge is -2.12. The summed E-state index contributed by atoms with van der Waals surface area (Å²) in [6.45, 7) is 3.99. The first kappa shape index (κ1) is 21.8. The minimum Gasteiger partial charge on any atom is -0.493 e. The number of hydrogen-bond donors (Lipinski definition) is 1.